The Bertz CT molecular complexity index is 55.8. The maximum absolute atomic E-state index is 4.37. The van der Waals surface area contributed by atoms with Crippen LogP contribution in [0, 0.1) is 0 Å². The Kier molecular flexibility index (Phi) is 3.56. The van der Waals surface area contributed by atoms with Crippen LogP contribution < -0.4 is 0 Å². The molecule has 0 N–H and O–H groups in total. The highest BCUT2D eigenvalue weighted by molar-refractivity contribution is 6.52. The lowest BCUT2D eigenvalue weighted by Crippen LogP contribution is -1.85. The maximum atomic E-state index is 4.37. The van der Waals surface area contributed by atoms with Gasteiger partial charge in [-0.2, -0.15) is 0 Å². The summed E-state index contributed by atoms with van der Waals surface area (Å²) in [5, 5.41) is 0. The molecule has 0 aliphatic heterocycles. The first kappa shape index (κ1) is 6.23. The van der Waals surface area contributed by atoms with E-state index in [1.165, 1.54) is 0 Å². The molecule has 0 aliphatic carbocycles. The third kappa shape index (κ3) is 4.23. The minimum Gasteiger partial charge on any atom is -0.375 e. The number of hydrogen-bond donors (Lipinski definition) is 0. The fourth-order valence-corrected chi connectivity index (χ4v) is 2.85. The first-order valence-corrected chi connectivity index (χ1v) is 6.74. The second-order valence-electron chi connectivity index (χ2n) is 1.42. The van der Waals surface area contributed by atoms with Crippen molar-refractivity contribution in [2.45, 2.75) is 19.6 Å². The van der Waals surface area contributed by atoms with Gasteiger partial charge in [0.25, 0.3) is 0 Å². The third-order valence-corrected chi connectivity index (χ3v) is 4.27. The van der Waals surface area contributed by atoms with Crippen molar-refractivity contribution in [2.24, 2.45) is 4.30 Å². The van der Waals surface area contributed by atoms with Gasteiger partial charge in [-0.15, -0.1) is 0 Å². The molecule has 0 saturated carbocycles. The minimum atomic E-state index is -0.199. The van der Waals surface area contributed by atoms with E-state index in [0.717, 1.165) is 0 Å². The predicted molar refractivity (Wildman–Crippen MR) is 34.3 cm³/mol. The van der Waals surface area contributed by atoms with Crippen molar-refractivity contribution in [1.82, 2.24) is 0 Å². The Morgan fingerprint density at radius 2 is 2.00 bits per heavy atom. The lowest BCUT2D eigenvalue weighted by molar-refractivity contribution is 1.79. The molecule has 0 saturated heterocycles. The van der Waals surface area contributed by atoms with Crippen LogP contribution in [0.3, 0.4) is 0 Å². The Morgan fingerprint density at radius 1 is 1.50 bits per heavy atom. The van der Waals surface area contributed by atoms with Crippen LogP contribution in [0.1, 0.15) is 0 Å². The summed E-state index contributed by atoms with van der Waals surface area (Å²) in [5.74, 6) is 0. The summed E-state index contributed by atoms with van der Waals surface area (Å²) < 4.78 is 4.37. The Hall–Kier alpha value is 0.234. The zero-order chi connectivity index (χ0) is 4.99. The van der Waals surface area contributed by atoms with Gasteiger partial charge < -0.3 is 4.30 Å². The van der Waals surface area contributed by atoms with Gasteiger partial charge in [-0.3, -0.25) is 0 Å². The van der Waals surface area contributed by atoms with E-state index in [-0.39, 0.29) is 18.3 Å². The van der Waals surface area contributed by atoms with Gasteiger partial charge >= 0.3 is 0 Å². The van der Waals surface area contributed by atoms with E-state index in [2.05, 4.69) is 23.9 Å². The van der Waals surface area contributed by atoms with E-state index in [1.54, 1.807) is 0 Å². The molecule has 0 amide bonds. The topological polar surface area (TPSA) is 12.4 Å². The van der Waals surface area contributed by atoms with Crippen molar-refractivity contribution in [3.63, 3.8) is 0 Å². The van der Waals surface area contributed by atoms with Crippen molar-refractivity contribution < 1.29 is 0 Å². The first-order chi connectivity index (χ1) is 2.77. The summed E-state index contributed by atoms with van der Waals surface area (Å²) in [5.41, 5.74) is 0. The Labute approximate surface area is 43.0 Å². The molecular weight excluding hydrogens is 106 g/mol. The maximum Gasteiger partial charge on any atom is 0.133 e. The molecule has 0 rings (SSSR count). The van der Waals surface area contributed by atoms with Crippen LogP contribution in [0.2, 0.25) is 19.6 Å². The molecule has 36 valence electrons. The molecule has 3 heteroatoms. The summed E-state index contributed by atoms with van der Waals surface area (Å²) in [6, 6.07) is 0. The molecule has 0 aliphatic rings. The summed E-state index contributed by atoms with van der Waals surface area (Å²) in [6.45, 7) is 6.67. The molecule has 0 aromatic rings. The van der Waals surface area contributed by atoms with Crippen molar-refractivity contribution in [3.8, 4) is 0 Å². The monoisotopic (exact) mass is 117 g/mol. The van der Waals surface area contributed by atoms with E-state index in [1.807, 2.05) is 0 Å². The SMILES string of the molecule is C[SiH2]N=[Si](C)C. The standard InChI is InChI=1S/C3H11NSi2/c1-5-4-6(2)3/h5H2,1-3H3. The normalized spacial score (nSPS) is 9.83. The molecule has 0 aromatic carbocycles. The predicted octanol–water partition coefficient (Wildman–Crippen LogP) is 0.638. The van der Waals surface area contributed by atoms with E-state index >= 15 is 0 Å². The minimum absolute atomic E-state index is 0.0368. The van der Waals surface area contributed by atoms with E-state index in [0.29, 0.717) is 0 Å². The van der Waals surface area contributed by atoms with Gasteiger partial charge in [-0.05, 0) is 13.1 Å². The lowest BCUT2D eigenvalue weighted by atomic mass is 11.9. The zero-order valence-corrected chi connectivity index (χ0v) is 7.07. The average Bonchev–Trinajstić information content (AvgIpc) is 1.35. The first-order valence-electron chi connectivity index (χ1n) is 2.25. The van der Waals surface area contributed by atoms with Crippen LogP contribution >= 0.6 is 0 Å². The molecule has 0 fully saturated rings. The highest BCUT2D eigenvalue weighted by Crippen LogP contribution is 1.67. The van der Waals surface area contributed by atoms with Crippen LogP contribution in [-0.2, 0) is 0 Å². The van der Waals surface area contributed by atoms with E-state index < -0.39 is 0 Å². The van der Waals surface area contributed by atoms with Crippen LogP contribution in [0.15, 0.2) is 4.30 Å². The van der Waals surface area contributed by atoms with Gasteiger partial charge in [0.1, 0.15) is 9.68 Å². The number of rotatable bonds is 1. The van der Waals surface area contributed by atoms with Crippen molar-refractivity contribution in [2.75, 3.05) is 0 Å². The van der Waals surface area contributed by atoms with Gasteiger partial charge in [0.2, 0.25) is 0 Å². The molecule has 0 aromatic heterocycles. The molecule has 0 unspecified atom stereocenters. The zero-order valence-electron chi connectivity index (χ0n) is 4.65. The van der Waals surface area contributed by atoms with Gasteiger partial charge in [0, 0.05) is 0 Å². The average molecular weight is 117 g/mol. The van der Waals surface area contributed by atoms with E-state index in [4.69, 9.17) is 0 Å². The summed E-state index contributed by atoms with van der Waals surface area (Å²) in [6.07, 6.45) is 0. The summed E-state index contributed by atoms with van der Waals surface area (Å²) >= 11 is 0. The fourth-order valence-electron chi connectivity index (χ4n) is 0.316. The lowest BCUT2D eigenvalue weighted by Gasteiger charge is -1.79. The molecule has 0 atom stereocenters. The molecule has 1 nitrogen and oxygen atoms in total. The Balaban J connectivity index is 3.14. The largest absolute Gasteiger partial charge is 0.375 e. The van der Waals surface area contributed by atoms with Crippen LogP contribution in [-0.4, -0.2) is 18.3 Å². The highest BCUT2D eigenvalue weighted by atomic mass is 28.3. The van der Waals surface area contributed by atoms with Gasteiger partial charge in [-0.25, -0.2) is 0 Å². The molecule has 6 heavy (non-hydrogen) atoms. The van der Waals surface area contributed by atoms with Crippen LogP contribution in [0.4, 0.5) is 0 Å². The van der Waals surface area contributed by atoms with Crippen molar-refractivity contribution >= 4 is 18.3 Å². The quantitative estimate of drug-likeness (QED) is 0.447. The molecular formula is C3H11NSi2. The third-order valence-electron chi connectivity index (χ3n) is 0.474. The van der Waals surface area contributed by atoms with E-state index in [9.17, 15) is 0 Å². The number of hydrogen-bond acceptors (Lipinski definition) is 1. The second-order valence-corrected chi connectivity index (χ2v) is 5.21. The van der Waals surface area contributed by atoms with Gasteiger partial charge in [-0.1, -0.05) is 6.55 Å². The van der Waals surface area contributed by atoms with Gasteiger partial charge in [0.15, 0.2) is 0 Å². The van der Waals surface area contributed by atoms with Crippen LogP contribution in [0.5, 0.6) is 0 Å². The molecule has 0 spiro atoms. The highest BCUT2D eigenvalue weighted by Gasteiger charge is 1.71. The van der Waals surface area contributed by atoms with Crippen molar-refractivity contribution in [3.05, 3.63) is 0 Å². The molecule has 0 heterocycles. The van der Waals surface area contributed by atoms with Gasteiger partial charge in [0.05, 0.1) is 8.59 Å². The summed E-state index contributed by atoms with van der Waals surface area (Å²) in [7, 11) is -0.162. The summed E-state index contributed by atoms with van der Waals surface area (Å²) in [4.78, 5) is 0. The van der Waals surface area contributed by atoms with Crippen LogP contribution in [0.25, 0.3) is 0 Å². The fraction of sp³-hybridized carbons (Fsp3) is 1.00. The second kappa shape index (κ2) is 3.42. The molecule has 0 radical (unpaired) electrons. The van der Waals surface area contributed by atoms with Crippen molar-refractivity contribution in [1.29, 1.82) is 0 Å². The molecule has 0 bridgehead atoms. The smallest absolute Gasteiger partial charge is 0.133 e. The Morgan fingerprint density at radius 3 is 2.00 bits per heavy atom. The number of nitrogens with zero attached hydrogens (tertiary/aromatic N) is 1.